The van der Waals surface area contributed by atoms with Crippen molar-refractivity contribution in [3.63, 3.8) is 0 Å². The highest BCUT2D eigenvalue weighted by Crippen LogP contribution is 2.43. The van der Waals surface area contributed by atoms with Gasteiger partial charge in [0.2, 0.25) is 0 Å². The Bertz CT molecular complexity index is 853. The lowest BCUT2D eigenvalue weighted by Gasteiger charge is -2.29. The zero-order valence-corrected chi connectivity index (χ0v) is 16.2. The van der Waals surface area contributed by atoms with Crippen molar-refractivity contribution in [2.24, 2.45) is 11.0 Å². The molecule has 2 aliphatic rings. The Balaban J connectivity index is 1.61. The van der Waals surface area contributed by atoms with Gasteiger partial charge in [0.05, 0.1) is 26.0 Å². The Morgan fingerprint density at radius 2 is 1.59 bits per heavy atom. The van der Waals surface area contributed by atoms with E-state index in [2.05, 4.69) is 42.4 Å². The summed E-state index contributed by atoms with van der Waals surface area (Å²) in [6, 6.07) is 16.9. The van der Waals surface area contributed by atoms with Gasteiger partial charge < -0.3 is 9.47 Å². The number of hydrogen-bond acceptors (Lipinski definition) is 4. The largest absolute Gasteiger partial charge is 0.497 e. The summed E-state index contributed by atoms with van der Waals surface area (Å²) in [6.07, 6.45) is 5.76. The van der Waals surface area contributed by atoms with Gasteiger partial charge in [-0.15, -0.1) is 0 Å². The van der Waals surface area contributed by atoms with Gasteiger partial charge in [-0.05, 0) is 66.3 Å². The number of ether oxygens (including phenoxy) is 2. The molecule has 0 spiro atoms. The van der Waals surface area contributed by atoms with Crippen LogP contribution in [0.1, 0.15) is 36.4 Å². The van der Waals surface area contributed by atoms with E-state index in [4.69, 9.17) is 14.6 Å². The molecule has 1 aliphatic heterocycles. The average Bonchev–Trinajstić information content (AvgIpc) is 3.05. The molecule has 27 heavy (non-hydrogen) atoms. The fourth-order valence-corrected chi connectivity index (χ4v) is 4.25. The highest BCUT2D eigenvalue weighted by molar-refractivity contribution is 6.07. The number of hydrogen-bond donors (Lipinski definition) is 0. The Hall–Kier alpha value is -2.75. The first-order valence-corrected chi connectivity index (χ1v) is 9.50. The third-order valence-corrected chi connectivity index (χ3v) is 5.60. The predicted octanol–water partition coefficient (Wildman–Crippen LogP) is 4.93. The zero-order valence-electron chi connectivity index (χ0n) is 16.2. The van der Waals surface area contributed by atoms with Crippen molar-refractivity contribution in [3.05, 3.63) is 65.2 Å². The first kappa shape index (κ1) is 17.7. The monoisotopic (exact) mass is 362 g/mol. The molecule has 2 atom stereocenters. The molecular weight excluding hydrogens is 336 g/mol. The Morgan fingerprint density at radius 1 is 0.963 bits per heavy atom. The highest BCUT2D eigenvalue weighted by atomic mass is 16.5. The lowest BCUT2D eigenvalue weighted by Crippen LogP contribution is -2.26. The summed E-state index contributed by atoms with van der Waals surface area (Å²) in [5, 5.41) is 7.08. The maximum absolute atomic E-state index is 5.30. The normalized spacial score (nSPS) is 23.1. The minimum atomic E-state index is 0.297. The van der Waals surface area contributed by atoms with Crippen molar-refractivity contribution in [2.45, 2.75) is 25.3 Å². The molecule has 1 fully saturated rings. The smallest absolute Gasteiger partial charge is 0.118 e. The van der Waals surface area contributed by atoms with Crippen LogP contribution in [-0.4, -0.2) is 32.0 Å². The van der Waals surface area contributed by atoms with Crippen LogP contribution in [-0.2, 0) is 0 Å². The third-order valence-electron chi connectivity index (χ3n) is 5.60. The van der Waals surface area contributed by atoms with Gasteiger partial charge in [-0.2, -0.15) is 5.10 Å². The van der Waals surface area contributed by atoms with Crippen LogP contribution < -0.4 is 9.47 Å². The second-order valence-electron chi connectivity index (χ2n) is 7.22. The van der Waals surface area contributed by atoms with E-state index in [9.17, 15) is 0 Å². The standard InChI is InChI=1S/C23H26N2O2/c1-25-23(17-9-13-20(27-3)14-10-17)21-6-4-5-18(22(21)24-25)15-16-7-11-19(26-2)12-8-16/h7-15,21,23H,4-6H2,1-3H3/b18-15+. The van der Waals surface area contributed by atoms with E-state index in [1.54, 1.807) is 14.2 Å². The van der Waals surface area contributed by atoms with E-state index in [1.807, 2.05) is 24.3 Å². The van der Waals surface area contributed by atoms with E-state index < -0.39 is 0 Å². The number of hydrazone groups is 1. The first-order chi connectivity index (χ1) is 13.2. The molecule has 0 saturated heterocycles. The van der Waals surface area contributed by atoms with Crippen molar-refractivity contribution in [3.8, 4) is 11.5 Å². The van der Waals surface area contributed by atoms with Crippen LogP contribution in [0.5, 0.6) is 11.5 Å². The van der Waals surface area contributed by atoms with Crippen LogP contribution >= 0.6 is 0 Å². The van der Waals surface area contributed by atoms with Crippen molar-refractivity contribution >= 4 is 11.8 Å². The summed E-state index contributed by atoms with van der Waals surface area (Å²) in [7, 11) is 5.49. The van der Waals surface area contributed by atoms with Crippen molar-refractivity contribution in [1.29, 1.82) is 0 Å². The molecule has 4 nitrogen and oxygen atoms in total. The topological polar surface area (TPSA) is 34.1 Å². The van der Waals surface area contributed by atoms with Crippen LogP contribution in [0.2, 0.25) is 0 Å². The number of rotatable bonds is 4. The van der Waals surface area contributed by atoms with Crippen LogP contribution in [0.3, 0.4) is 0 Å². The molecule has 2 unspecified atom stereocenters. The van der Waals surface area contributed by atoms with Crippen molar-refractivity contribution in [2.75, 3.05) is 21.3 Å². The van der Waals surface area contributed by atoms with Gasteiger partial charge in [0.1, 0.15) is 11.5 Å². The third kappa shape index (κ3) is 3.44. The molecule has 1 saturated carbocycles. The summed E-state index contributed by atoms with van der Waals surface area (Å²) in [6.45, 7) is 0. The molecule has 0 N–H and O–H groups in total. The van der Waals surface area contributed by atoms with Gasteiger partial charge in [0, 0.05) is 13.0 Å². The number of fused-ring (bicyclic) bond motifs is 1. The molecule has 4 heteroatoms. The van der Waals surface area contributed by atoms with Crippen molar-refractivity contribution in [1.82, 2.24) is 5.01 Å². The molecule has 1 aliphatic carbocycles. The quantitative estimate of drug-likeness (QED) is 0.773. The van der Waals surface area contributed by atoms with Crippen LogP contribution in [0.25, 0.3) is 6.08 Å². The maximum Gasteiger partial charge on any atom is 0.118 e. The lowest BCUT2D eigenvalue weighted by atomic mass is 9.77. The number of allylic oxidation sites excluding steroid dienone is 1. The number of methoxy groups -OCH3 is 2. The summed E-state index contributed by atoms with van der Waals surface area (Å²) in [5.74, 6) is 2.22. The minimum Gasteiger partial charge on any atom is -0.497 e. The molecule has 0 amide bonds. The Kier molecular flexibility index (Phi) is 4.88. The molecule has 1 heterocycles. The first-order valence-electron chi connectivity index (χ1n) is 9.50. The molecule has 2 aromatic rings. The molecule has 0 aromatic heterocycles. The second kappa shape index (κ2) is 7.47. The number of benzene rings is 2. The molecule has 2 aromatic carbocycles. The van der Waals surface area contributed by atoms with Crippen LogP contribution in [0.4, 0.5) is 0 Å². The predicted molar refractivity (Wildman–Crippen MR) is 109 cm³/mol. The Labute approximate surface area is 161 Å². The SMILES string of the molecule is COc1ccc(/C=C2\CCCC3C2=NN(C)C3c2ccc(OC)cc2)cc1. The van der Waals surface area contributed by atoms with Gasteiger partial charge in [0.15, 0.2) is 0 Å². The number of nitrogens with zero attached hydrogens (tertiary/aromatic N) is 2. The van der Waals surface area contributed by atoms with Crippen molar-refractivity contribution < 1.29 is 9.47 Å². The molecule has 4 rings (SSSR count). The van der Waals surface area contributed by atoms with E-state index in [1.165, 1.54) is 35.3 Å². The van der Waals surface area contributed by atoms with Crippen LogP contribution in [0.15, 0.2) is 59.2 Å². The summed E-state index contributed by atoms with van der Waals surface area (Å²) in [4.78, 5) is 0. The second-order valence-corrected chi connectivity index (χ2v) is 7.22. The minimum absolute atomic E-state index is 0.297. The van der Waals surface area contributed by atoms with Gasteiger partial charge in [0.25, 0.3) is 0 Å². The molecule has 0 radical (unpaired) electrons. The maximum atomic E-state index is 5.30. The highest BCUT2D eigenvalue weighted by Gasteiger charge is 2.39. The van der Waals surface area contributed by atoms with Gasteiger partial charge >= 0.3 is 0 Å². The summed E-state index contributed by atoms with van der Waals surface area (Å²) < 4.78 is 10.6. The van der Waals surface area contributed by atoms with E-state index >= 15 is 0 Å². The van der Waals surface area contributed by atoms with E-state index in [0.717, 1.165) is 17.9 Å². The fraction of sp³-hybridized carbons (Fsp3) is 0.348. The lowest BCUT2D eigenvalue weighted by molar-refractivity contribution is 0.241. The van der Waals surface area contributed by atoms with Gasteiger partial charge in [-0.3, -0.25) is 5.01 Å². The van der Waals surface area contributed by atoms with Gasteiger partial charge in [-0.1, -0.05) is 24.3 Å². The summed E-state index contributed by atoms with van der Waals surface area (Å²) >= 11 is 0. The van der Waals surface area contributed by atoms with E-state index in [0.29, 0.717) is 12.0 Å². The summed E-state index contributed by atoms with van der Waals surface area (Å²) in [5.41, 5.74) is 5.11. The van der Waals surface area contributed by atoms with Gasteiger partial charge in [-0.25, -0.2) is 0 Å². The van der Waals surface area contributed by atoms with Crippen LogP contribution in [0, 0.1) is 5.92 Å². The molecular formula is C23H26N2O2. The van der Waals surface area contributed by atoms with E-state index in [-0.39, 0.29) is 0 Å². The molecule has 0 bridgehead atoms. The molecule has 140 valence electrons. The average molecular weight is 362 g/mol. The fourth-order valence-electron chi connectivity index (χ4n) is 4.25. The Morgan fingerprint density at radius 3 is 2.22 bits per heavy atom. The zero-order chi connectivity index (χ0) is 18.8.